The molecule has 0 radical (unpaired) electrons. The number of pyridine rings is 3. The van der Waals surface area contributed by atoms with Gasteiger partial charge in [-0.05, 0) is 36.4 Å². The molecule has 0 unspecified atom stereocenters. The van der Waals surface area contributed by atoms with Crippen LogP contribution >= 0.6 is 0 Å². The Morgan fingerprint density at radius 3 is 1.60 bits per heavy atom. The zero-order valence-electron chi connectivity index (χ0n) is 13.6. The molecule has 0 aliphatic rings. The molecule has 0 fully saturated rings. The minimum atomic E-state index is 0. The van der Waals surface area contributed by atoms with Crippen LogP contribution in [0.15, 0.2) is 85.7 Å². The summed E-state index contributed by atoms with van der Waals surface area (Å²) >= 11 is 0. The maximum Gasteiger partial charge on any atom is 2.00 e. The van der Waals surface area contributed by atoms with Crippen molar-refractivity contribution in [3.63, 3.8) is 0 Å². The average Bonchev–Trinajstić information content (AvgIpc) is 3.15. The summed E-state index contributed by atoms with van der Waals surface area (Å²) in [5.74, 6) is 0. The van der Waals surface area contributed by atoms with E-state index in [4.69, 9.17) is 0 Å². The standard InChI is InChI=1S/C15H11N3.C4H6N2.Pt/c1-3-10-16-12(6-1)14-8-5-9-15(18-14)13-7-2-4-11-17-13;1-6-3-2-5-4-6;/h1-11H;2-4H,1H3;/q;;+2. The van der Waals surface area contributed by atoms with Crippen molar-refractivity contribution in [3.05, 3.63) is 85.7 Å². The van der Waals surface area contributed by atoms with Gasteiger partial charge in [-0.2, -0.15) is 0 Å². The Bertz CT molecular complexity index is 810. The fourth-order valence-corrected chi connectivity index (χ4v) is 2.07. The second kappa shape index (κ2) is 9.60. The molecule has 126 valence electrons. The third-order valence-corrected chi connectivity index (χ3v) is 3.24. The first-order valence-corrected chi connectivity index (χ1v) is 7.55. The Balaban J connectivity index is 0.000000275. The minimum Gasteiger partial charge on any atom is -0.341 e. The number of aryl methyl sites for hydroxylation is 1. The molecule has 4 aromatic heterocycles. The Kier molecular flexibility index (Phi) is 7.17. The summed E-state index contributed by atoms with van der Waals surface area (Å²) in [7, 11) is 1.94. The van der Waals surface area contributed by atoms with E-state index < -0.39 is 0 Å². The van der Waals surface area contributed by atoms with Gasteiger partial charge in [0.05, 0.1) is 29.1 Å². The van der Waals surface area contributed by atoms with Gasteiger partial charge in [-0.25, -0.2) is 9.97 Å². The molecule has 5 nitrogen and oxygen atoms in total. The SMILES string of the molecule is Cn1ccnc1.[Pt+2].c1ccc(-c2cccc(-c3ccccn3)n2)nc1. The monoisotopic (exact) mass is 510 g/mol. The topological polar surface area (TPSA) is 56.5 Å². The van der Waals surface area contributed by atoms with E-state index in [1.165, 1.54) is 0 Å². The number of imidazole rings is 1. The molecular formula is C19H17N5Pt+2. The molecule has 0 amide bonds. The largest absolute Gasteiger partial charge is 2.00 e. The van der Waals surface area contributed by atoms with Gasteiger partial charge in [-0.1, -0.05) is 18.2 Å². The maximum atomic E-state index is 4.59. The van der Waals surface area contributed by atoms with Crippen molar-refractivity contribution in [3.8, 4) is 22.8 Å². The first-order chi connectivity index (χ1) is 11.8. The first-order valence-electron chi connectivity index (χ1n) is 7.55. The van der Waals surface area contributed by atoms with Gasteiger partial charge >= 0.3 is 21.1 Å². The molecule has 0 saturated heterocycles. The molecule has 0 saturated carbocycles. The van der Waals surface area contributed by atoms with Crippen LogP contribution in [-0.2, 0) is 28.1 Å². The Morgan fingerprint density at radius 1 is 0.680 bits per heavy atom. The summed E-state index contributed by atoms with van der Waals surface area (Å²) in [5, 5.41) is 0. The van der Waals surface area contributed by atoms with E-state index in [1.54, 1.807) is 24.9 Å². The van der Waals surface area contributed by atoms with E-state index >= 15 is 0 Å². The van der Waals surface area contributed by atoms with Crippen LogP contribution in [0.5, 0.6) is 0 Å². The average molecular weight is 510 g/mol. The van der Waals surface area contributed by atoms with Crippen molar-refractivity contribution in [1.29, 1.82) is 0 Å². The van der Waals surface area contributed by atoms with Crippen LogP contribution in [0.1, 0.15) is 0 Å². The van der Waals surface area contributed by atoms with Crippen molar-refractivity contribution < 1.29 is 21.1 Å². The van der Waals surface area contributed by atoms with E-state index in [2.05, 4.69) is 19.9 Å². The van der Waals surface area contributed by atoms with Gasteiger partial charge in [-0.15, -0.1) is 0 Å². The third kappa shape index (κ3) is 5.43. The molecule has 0 atom stereocenters. The zero-order chi connectivity index (χ0) is 16.6. The van der Waals surface area contributed by atoms with Crippen molar-refractivity contribution >= 4 is 0 Å². The summed E-state index contributed by atoms with van der Waals surface area (Å²) in [6.45, 7) is 0. The molecule has 25 heavy (non-hydrogen) atoms. The van der Waals surface area contributed by atoms with Gasteiger partial charge in [-0.3, -0.25) is 9.97 Å². The second-order valence-electron chi connectivity index (χ2n) is 5.07. The fraction of sp³-hybridized carbons (Fsp3) is 0.0526. The molecule has 0 N–H and O–H groups in total. The summed E-state index contributed by atoms with van der Waals surface area (Å²) in [5.41, 5.74) is 3.46. The predicted octanol–water partition coefficient (Wildman–Crippen LogP) is 3.62. The van der Waals surface area contributed by atoms with Crippen LogP contribution in [0.4, 0.5) is 0 Å². The van der Waals surface area contributed by atoms with Crippen LogP contribution in [-0.4, -0.2) is 24.5 Å². The van der Waals surface area contributed by atoms with Crippen molar-refractivity contribution in [2.24, 2.45) is 7.05 Å². The van der Waals surface area contributed by atoms with Crippen LogP contribution < -0.4 is 0 Å². The molecule has 0 aromatic carbocycles. The Morgan fingerprint density at radius 2 is 1.24 bits per heavy atom. The molecule has 4 aromatic rings. The van der Waals surface area contributed by atoms with Crippen LogP contribution in [0.3, 0.4) is 0 Å². The molecule has 4 rings (SSSR count). The van der Waals surface area contributed by atoms with Crippen molar-refractivity contribution in [2.45, 2.75) is 0 Å². The molecule has 6 heteroatoms. The van der Waals surface area contributed by atoms with Gasteiger partial charge in [0.2, 0.25) is 0 Å². The molecule has 4 heterocycles. The summed E-state index contributed by atoms with van der Waals surface area (Å²) in [4.78, 5) is 17.0. The van der Waals surface area contributed by atoms with E-state index in [1.807, 2.05) is 72.4 Å². The van der Waals surface area contributed by atoms with Gasteiger partial charge in [0.25, 0.3) is 0 Å². The van der Waals surface area contributed by atoms with E-state index in [0.29, 0.717) is 0 Å². The maximum absolute atomic E-state index is 4.59. The van der Waals surface area contributed by atoms with Gasteiger partial charge in [0, 0.05) is 31.8 Å². The van der Waals surface area contributed by atoms with Gasteiger partial charge in [0.15, 0.2) is 0 Å². The van der Waals surface area contributed by atoms with E-state index in [-0.39, 0.29) is 21.1 Å². The zero-order valence-corrected chi connectivity index (χ0v) is 15.9. The molecule has 0 aliphatic heterocycles. The summed E-state index contributed by atoms with van der Waals surface area (Å²) < 4.78 is 1.89. The molecular weight excluding hydrogens is 493 g/mol. The van der Waals surface area contributed by atoms with Gasteiger partial charge < -0.3 is 4.57 Å². The van der Waals surface area contributed by atoms with E-state index in [9.17, 15) is 0 Å². The van der Waals surface area contributed by atoms with Crippen LogP contribution in [0, 0.1) is 0 Å². The molecule has 0 aliphatic carbocycles. The van der Waals surface area contributed by atoms with Crippen LogP contribution in [0.2, 0.25) is 0 Å². The summed E-state index contributed by atoms with van der Waals surface area (Å²) in [6, 6.07) is 17.5. The normalized spacial score (nSPS) is 9.48. The first kappa shape index (κ1) is 18.7. The van der Waals surface area contributed by atoms with Crippen molar-refractivity contribution in [1.82, 2.24) is 24.5 Å². The molecule has 0 spiro atoms. The molecule has 0 bridgehead atoms. The smallest absolute Gasteiger partial charge is 0.341 e. The number of nitrogens with zero attached hydrogens (tertiary/aromatic N) is 5. The fourth-order valence-electron chi connectivity index (χ4n) is 2.07. The Labute approximate surface area is 161 Å². The van der Waals surface area contributed by atoms with Crippen LogP contribution in [0.25, 0.3) is 22.8 Å². The summed E-state index contributed by atoms with van der Waals surface area (Å²) in [6.07, 6.45) is 8.93. The quantitative estimate of drug-likeness (QED) is 0.414. The predicted molar refractivity (Wildman–Crippen MR) is 93.9 cm³/mol. The number of aromatic nitrogens is 5. The second-order valence-corrected chi connectivity index (χ2v) is 5.07. The minimum absolute atomic E-state index is 0. The number of hydrogen-bond acceptors (Lipinski definition) is 4. The number of rotatable bonds is 2. The van der Waals surface area contributed by atoms with E-state index in [0.717, 1.165) is 22.8 Å². The Hall–Kier alpha value is -2.65. The van der Waals surface area contributed by atoms with Gasteiger partial charge in [0.1, 0.15) is 0 Å². The van der Waals surface area contributed by atoms with Crippen molar-refractivity contribution in [2.75, 3.05) is 0 Å². The third-order valence-electron chi connectivity index (χ3n) is 3.24. The number of hydrogen-bond donors (Lipinski definition) is 0.